The molecule has 2 fully saturated rings. The van der Waals surface area contributed by atoms with Crippen LogP contribution in [0.5, 0.6) is 0 Å². The van der Waals surface area contributed by atoms with Crippen LogP contribution in [-0.4, -0.2) is 43.4 Å². The Morgan fingerprint density at radius 1 is 1.18 bits per heavy atom. The van der Waals surface area contributed by atoms with Crippen molar-refractivity contribution >= 4 is 17.5 Å². The minimum absolute atomic E-state index is 0.0552. The molecular weight excluding hydrogens is 302 g/mol. The van der Waals surface area contributed by atoms with Gasteiger partial charge in [0.05, 0.1) is 13.2 Å². The van der Waals surface area contributed by atoms with Crippen molar-refractivity contribution in [1.29, 1.82) is 0 Å². The summed E-state index contributed by atoms with van der Waals surface area (Å²) >= 11 is 6.13. The maximum atomic E-state index is 12.3. The zero-order valence-electron chi connectivity index (χ0n) is 12.7. The molecule has 0 N–H and O–H groups in total. The average molecular weight is 324 g/mol. The van der Waals surface area contributed by atoms with Crippen molar-refractivity contribution in [2.75, 3.05) is 26.3 Å². The molecule has 0 radical (unpaired) electrons. The third kappa shape index (κ3) is 3.80. The molecule has 0 saturated carbocycles. The molecule has 4 nitrogen and oxygen atoms in total. The summed E-state index contributed by atoms with van der Waals surface area (Å²) in [4.78, 5) is 14.3. The van der Waals surface area contributed by atoms with Crippen molar-refractivity contribution in [2.24, 2.45) is 5.92 Å². The summed E-state index contributed by atoms with van der Waals surface area (Å²) in [5, 5.41) is 0.740. The number of nitrogens with zero attached hydrogens (tertiary/aromatic N) is 1. The molecule has 0 spiro atoms. The third-order valence-electron chi connectivity index (χ3n) is 4.49. The Morgan fingerprint density at radius 2 is 1.86 bits per heavy atom. The SMILES string of the molecule is O=C(CCc1ccccc1Cl)N1CCC(C2OCCO2)CC1. The molecule has 0 atom stereocenters. The van der Waals surface area contributed by atoms with Crippen LogP contribution in [-0.2, 0) is 20.7 Å². The molecule has 0 aliphatic carbocycles. The van der Waals surface area contributed by atoms with E-state index in [0.717, 1.165) is 36.5 Å². The summed E-state index contributed by atoms with van der Waals surface area (Å²) in [6.45, 7) is 2.99. The smallest absolute Gasteiger partial charge is 0.222 e. The van der Waals surface area contributed by atoms with Crippen LogP contribution in [0.1, 0.15) is 24.8 Å². The van der Waals surface area contributed by atoms with Crippen LogP contribution < -0.4 is 0 Å². The molecule has 5 heteroatoms. The Balaban J connectivity index is 1.45. The Hall–Kier alpha value is -1.10. The Kier molecular flexibility index (Phi) is 5.34. The molecular formula is C17H22ClNO3. The fourth-order valence-corrected chi connectivity index (χ4v) is 3.40. The highest BCUT2D eigenvalue weighted by Gasteiger charge is 2.31. The summed E-state index contributed by atoms with van der Waals surface area (Å²) in [7, 11) is 0. The number of ether oxygens (including phenoxy) is 2. The topological polar surface area (TPSA) is 38.8 Å². The van der Waals surface area contributed by atoms with Crippen LogP contribution in [0.25, 0.3) is 0 Å². The largest absolute Gasteiger partial charge is 0.350 e. The van der Waals surface area contributed by atoms with E-state index < -0.39 is 0 Å². The molecule has 2 aliphatic heterocycles. The van der Waals surface area contributed by atoms with E-state index >= 15 is 0 Å². The van der Waals surface area contributed by atoms with Gasteiger partial charge in [-0.05, 0) is 30.9 Å². The zero-order valence-corrected chi connectivity index (χ0v) is 13.4. The van der Waals surface area contributed by atoms with Gasteiger partial charge >= 0.3 is 0 Å². The predicted molar refractivity (Wildman–Crippen MR) is 84.8 cm³/mol. The van der Waals surface area contributed by atoms with E-state index in [1.54, 1.807) is 0 Å². The highest BCUT2D eigenvalue weighted by Crippen LogP contribution is 2.26. The second kappa shape index (κ2) is 7.44. The third-order valence-corrected chi connectivity index (χ3v) is 4.86. The number of carbonyl (C=O) groups excluding carboxylic acids is 1. The zero-order chi connectivity index (χ0) is 15.4. The fraction of sp³-hybridized carbons (Fsp3) is 0.588. The fourth-order valence-electron chi connectivity index (χ4n) is 3.17. The van der Waals surface area contributed by atoms with Crippen molar-refractivity contribution in [3.63, 3.8) is 0 Å². The molecule has 0 aromatic heterocycles. The van der Waals surface area contributed by atoms with E-state index in [4.69, 9.17) is 21.1 Å². The van der Waals surface area contributed by atoms with Gasteiger partial charge in [-0.3, -0.25) is 4.79 Å². The molecule has 1 aromatic carbocycles. The minimum atomic E-state index is -0.0552. The van der Waals surface area contributed by atoms with E-state index in [1.165, 1.54) is 0 Å². The highest BCUT2D eigenvalue weighted by molar-refractivity contribution is 6.31. The molecule has 22 heavy (non-hydrogen) atoms. The van der Waals surface area contributed by atoms with E-state index in [-0.39, 0.29) is 12.2 Å². The van der Waals surface area contributed by atoms with Gasteiger partial charge in [0.15, 0.2) is 6.29 Å². The first-order chi connectivity index (χ1) is 10.7. The molecule has 2 heterocycles. The number of likely N-dealkylation sites (tertiary alicyclic amines) is 1. The van der Waals surface area contributed by atoms with Crippen molar-refractivity contribution < 1.29 is 14.3 Å². The maximum absolute atomic E-state index is 12.3. The molecule has 2 aliphatic rings. The lowest BCUT2D eigenvalue weighted by Crippen LogP contribution is -2.41. The van der Waals surface area contributed by atoms with Gasteiger partial charge in [-0.25, -0.2) is 0 Å². The lowest BCUT2D eigenvalue weighted by atomic mass is 9.95. The normalized spacial score (nSPS) is 20.5. The van der Waals surface area contributed by atoms with Crippen LogP contribution in [0.4, 0.5) is 0 Å². The predicted octanol–water partition coefficient (Wildman–Crippen LogP) is 2.88. The van der Waals surface area contributed by atoms with Crippen LogP contribution in [0.3, 0.4) is 0 Å². The first-order valence-corrected chi connectivity index (χ1v) is 8.36. The van der Waals surface area contributed by atoms with E-state index in [9.17, 15) is 4.79 Å². The van der Waals surface area contributed by atoms with Gasteiger partial charge in [-0.1, -0.05) is 29.8 Å². The van der Waals surface area contributed by atoms with Gasteiger partial charge < -0.3 is 14.4 Å². The van der Waals surface area contributed by atoms with Crippen LogP contribution >= 0.6 is 11.6 Å². The molecule has 0 unspecified atom stereocenters. The monoisotopic (exact) mass is 323 g/mol. The van der Waals surface area contributed by atoms with Crippen molar-refractivity contribution in [1.82, 2.24) is 4.90 Å². The first-order valence-electron chi connectivity index (χ1n) is 7.98. The van der Waals surface area contributed by atoms with Crippen LogP contribution in [0.15, 0.2) is 24.3 Å². The summed E-state index contributed by atoms with van der Waals surface area (Å²) in [6, 6.07) is 7.72. The molecule has 120 valence electrons. The Bertz CT molecular complexity index is 508. The van der Waals surface area contributed by atoms with Gasteiger partial charge in [0.25, 0.3) is 0 Å². The molecule has 3 rings (SSSR count). The number of benzene rings is 1. The molecule has 2 saturated heterocycles. The first kappa shape index (κ1) is 15.8. The van der Waals surface area contributed by atoms with Crippen molar-refractivity contribution in [3.8, 4) is 0 Å². The average Bonchev–Trinajstić information content (AvgIpc) is 3.08. The van der Waals surface area contributed by atoms with E-state index in [2.05, 4.69) is 0 Å². The summed E-state index contributed by atoms with van der Waals surface area (Å²) < 4.78 is 11.1. The highest BCUT2D eigenvalue weighted by atomic mass is 35.5. The quantitative estimate of drug-likeness (QED) is 0.855. The number of amides is 1. The molecule has 1 amide bonds. The number of carbonyl (C=O) groups is 1. The van der Waals surface area contributed by atoms with Gasteiger partial charge in [0.2, 0.25) is 5.91 Å². The van der Waals surface area contributed by atoms with Crippen molar-refractivity contribution in [3.05, 3.63) is 34.9 Å². The molecule has 1 aromatic rings. The number of hydrogen-bond acceptors (Lipinski definition) is 3. The lowest BCUT2D eigenvalue weighted by molar-refractivity contribution is -0.136. The summed E-state index contributed by atoms with van der Waals surface area (Å²) in [6.07, 6.45) is 3.09. The van der Waals surface area contributed by atoms with Crippen LogP contribution in [0, 0.1) is 5.92 Å². The van der Waals surface area contributed by atoms with E-state index in [1.807, 2.05) is 29.2 Å². The molecule has 0 bridgehead atoms. The second-order valence-electron chi connectivity index (χ2n) is 5.92. The minimum Gasteiger partial charge on any atom is -0.350 e. The lowest BCUT2D eigenvalue weighted by Gasteiger charge is -2.34. The number of piperidine rings is 1. The second-order valence-corrected chi connectivity index (χ2v) is 6.33. The maximum Gasteiger partial charge on any atom is 0.222 e. The number of halogens is 1. The van der Waals surface area contributed by atoms with Gasteiger partial charge in [-0.2, -0.15) is 0 Å². The Morgan fingerprint density at radius 3 is 2.55 bits per heavy atom. The van der Waals surface area contributed by atoms with Gasteiger partial charge in [0.1, 0.15) is 0 Å². The van der Waals surface area contributed by atoms with Gasteiger partial charge in [-0.15, -0.1) is 0 Å². The van der Waals surface area contributed by atoms with E-state index in [0.29, 0.717) is 32.0 Å². The Labute approximate surface area is 136 Å². The van der Waals surface area contributed by atoms with Crippen molar-refractivity contribution in [2.45, 2.75) is 32.0 Å². The summed E-state index contributed by atoms with van der Waals surface area (Å²) in [5.74, 6) is 0.641. The summed E-state index contributed by atoms with van der Waals surface area (Å²) in [5.41, 5.74) is 1.04. The number of hydrogen-bond donors (Lipinski definition) is 0. The van der Waals surface area contributed by atoms with Crippen LogP contribution in [0.2, 0.25) is 5.02 Å². The number of rotatable bonds is 4. The number of aryl methyl sites for hydroxylation is 1. The standard InChI is InChI=1S/C17H22ClNO3/c18-15-4-2-1-3-13(15)5-6-16(20)19-9-7-14(8-10-19)17-21-11-12-22-17/h1-4,14,17H,5-12H2. The van der Waals surface area contributed by atoms with Gasteiger partial charge in [0, 0.05) is 30.5 Å².